The summed E-state index contributed by atoms with van der Waals surface area (Å²) in [4.78, 5) is 24.8. The molecule has 0 aliphatic rings. The van der Waals surface area contributed by atoms with E-state index in [-0.39, 0.29) is 22.8 Å². The Morgan fingerprint density at radius 2 is 1.46 bits per heavy atom. The maximum atomic E-state index is 13.5. The number of rotatable bonds is 7. The second-order valence-electron chi connectivity index (χ2n) is 8.70. The largest absolute Gasteiger partial charge is 0.507 e. The van der Waals surface area contributed by atoms with Crippen molar-refractivity contribution in [1.82, 2.24) is 5.32 Å². The molecule has 10 heteroatoms. The van der Waals surface area contributed by atoms with Gasteiger partial charge >= 0.3 is 12.1 Å². The van der Waals surface area contributed by atoms with Crippen LogP contribution in [0, 0.1) is 5.82 Å². The van der Waals surface area contributed by atoms with Crippen LogP contribution in [0.25, 0.3) is 22.3 Å². The Balaban J connectivity index is 1.51. The second kappa shape index (κ2) is 11.2. The Bertz CT molecular complexity index is 1540. The minimum absolute atomic E-state index is 0.127. The topological polar surface area (TPSA) is 86.6 Å². The van der Waals surface area contributed by atoms with E-state index in [4.69, 9.17) is 11.6 Å². The number of aliphatic carboxylic acids is 1. The summed E-state index contributed by atoms with van der Waals surface area (Å²) in [5.74, 6) is -3.19. The number of carboxylic acid groups (broad SMARTS) is 1. The monoisotopic (exact) mass is 557 g/mol. The molecule has 1 atom stereocenters. The Morgan fingerprint density at radius 1 is 0.846 bits per heavy atom. The fourth-order valence-electron chi connectivity index (χ4n) is 3.95. The van der Waals surface area contributed by atoms with E-state index in [2.05, 4.69) is 5.32 Å². The highest BCUT2D eigenvalue weighted by Gasteiger charge is 2.30. The summed E-state index contributed by atoms with van der Waals surface area (Å²) in [7, 11) is 0. The highest BCUT2D eigenvalue weighted by Crippen LogP contribution is 2.32. The number of amides is 1. The number of phenols is 1. The number of benzene rings is 4. The van der Waals surface area contributed by atoms with Crippen molar-refractivity contribution in [3.8, 4) is 28.0 Å². The molecule has 0 fully saturated rings. The summed E-state index contributed by atoms with van der Waals surface area (Å²) in [5, 5.41) is 22.2. The molecule has 0 spiro atoms. The molecular weight excluding hydrogens is 538 g/mol. The van der Waals surface area contributed by atoms with E-state index in [0.29, 0.717) is 27.8 Å². The van der Waals surface area contributed by atoms with Gasteiger partial charge in [0.1, 0.15) is 17.6 Å². The first-order valence-corrected chi connectivity index (χ1v) is 11.9. The molecule has 0 saturated heterocycles. The van der Waals surface area contributed by atoms with Crippen molar-refractivity contribution < 1.29 is 37.4 Å². The number of carbonyl (C=O) groups is 2. The van der Waals surface area contributed by atoms with E-state index in [1.54, 1.807) is 24.3 Å². The summed E-state index contributed by atoms with van der Waals surface area (Å²) in [6.07, 6.45) is -4.61. The lowest BCUT2D eigenvalue weighted by atomic mass is 9.99. The minimum atomic E-state index is -4.48. The van der Waals surface area contributed by atoms with Crippen LogP contribution in [-0.4, -0.2) is 28.1 Å². The van der Waals surface area contributed by atoms with Crippen molar-refractivity contribution >= 4 is 23.5 Å². The fraction of sp³-hybridized carbons (Fsp3) is 0.103. The average Bonchev–Trinajstić information content (AvgIpc) is 2.90. The number of halogens is 5. The molecule has 5 nitrogen and oxygen atoms in total. The van der Waals surface area contributed by atoms with Gasteiger partial charge in [-0.05, 0) is 64.2 Å². The van der Waals surface area contributed by atoms with Crippen LogP contribution in [0.4, 0.5) is 17.6 Å². The summed E-state index contributed by atoms with van der Waals surface area (Å²) in [5.41, 5.74) is 1.30. The van der Waals surface area contributed by atoms with E-state index in [1.807, 2.05) is 0 Å². The van der Waals surface area contributed by atoms with Crippen LogP contribution in [0.2, 0.25) is 5.02 Å². The Labute approximate surface area is 225 Å². The van der Waals surface area contributed by atoms with E-state index >= 15 is 0 Å². The summed E-state index contributed by atoms with van der Waals surface area (Å²) >= 11 is 5.83. The van der Waals surface area contributed by atoms with E-state index < -0.39 is 35.5 Å². The van der Waals surface area contributed by atoms with Gasteiger partial charge in [-0.2, -0.15) is 13.2 Å². The standard InChI is InChI=1S/C29H20ClF4NO4/c30-23-15-20(8-10-24(23)31)19-9-11-26(36)22(14-19)27(37)35-25(28(38)39)12-16-4-6-17(7-5-16)18-2-1-3-21(13-18)29(32,33)34/h1-11,13-15,25,36H,12H2,(H,35,37)(H,38,39)/t25-/m0/s1. The second-order valence-corrected chi connectivity index (χ2v) is 9.11. The molecule has 39 heavy (non-hydrogen) atoms. The van der Waals surface area contributed by atoms with Crippen LogP contribution in [0.5, 0.6) is 5.75 Å². The Hall–Kier alpha value is -4.37. The van der Waals surface area contributed by atoms with Gasteiger partial charge in [-0.15, -0.1) is 0 Å². The lowest BCUT2D eigenvalue weighted by Gasteiger charge is -2.16. The molecule has 200 valence electrons. The number of aromatic hydroxyl groups is 1. The van der Waals surface area contributed by atoms with Gasteiger partial charge in [-0.25, -0.2) is 9.18 Å². The van der Waals surface area contributed by atoms with Crippen LogP contribution in [0.1, 0.15) is 21.5 Å². The van der Waals surface area contributed by atoms with Gasteiger partial charge in [0, 0.05) is 6.42 Å². The zero-order valence-electron chi connectivity index (χ0n) is 20.0. The molecule has 4 rings (SSSR count). The van der Waals surface area contributed by atoms with E-state index in [0.717, 1.165) is 18.2 Å². The first-order valence-electron chi connectivity index (χ1n) is 11.5. The van der Waals surface area contributed by atoms with Gasteiger partial charge < -0.3 is 15.5 Å². The number of alkyl halides is 3. The fourth-order valence-corrected chi connectivity index (χ4v) is 4.13. The molecule has 0 aliphatic carbocycles. The first-order chi connectivity index (χ1) is 18.4. The molecule has 0 aliphatic heterocycles. The number of phenolic OH excluding ortho intramolecular Hbond substituents is 1. The van der Waals surface area contributed by atoms with Gasteiger partial charge in [-0.1, -0.05) is 60.1 Å². The molecule has 0 bridgehead atoms. The summed E-state index contributed by atoms with van der Waals surface area (Å²) < 4.78 is 52.6. The first kappa shape index (κ1) is 27.7. The van der Waals surface area contributed by atoms with Crippen molar-refractivity contribution in [2.45, 2.75) is 18.6 Å². The predicted molar refractivity (Wildman–Crippen MR) is 138 cm³/mol. The smallest absolute Gasteiger partial charge is 0.416 e. The van der Waals surface area contributed by atoms with Gasteiger partial charge in [0.25, 0.3) is 5.91 Å². The lowest BCUT2D eigenvalue weighted by molar-refractivity contribution is -0.139. The Morgan fingerprint density at radius 3 is 2.10 bits per heavy atom. The molecular formula is C29H20ClF4NO4. The quantitative estimate of drug-likeness (QED) is 0.214. The maximum absolute atomic E-state index is 13.5. The van der Waals surface area contributed by atoms with Gasteiger partial charge in [0.05, 0.1) is 16.1 Å². The molecule has 0 saturated carbocycles. The molecule has 3 N–H and O–H groups in total. The van der Waals surface area contributed by atoms with Gasteiger partial charge in [-0.3, -0.25) is 4.79 Å². The SMILES string of the molecule is O=C(N[C@@H](Cc1ccc(-c2cccc(C(F)(F)F)c2)cc1)C(=O)O)c1cc(-c2ccc(F)c(Cl)c2)ccc1O. The molecule has 0 unspecified atom stereocenters. The number of carbonyl (C=O) groups excluding carboxylic acids is 1. The molecule has 1 amide bonds. The minimum Gasteiger partial charge on any atom is -0.507 e. The molecule has 4 aromatic carbocycles. The third-order valence-electron chi connectivity index (χ3n) is 6.01. The highest BCUT2D eigenvalue weighted by atomic mass is 35.5. The number of carboxylic acids is 1. The van der Waals surface area contributed by atoms with Crippen molar-refractivity contribution in [3.63, 3.8) is 0 Å². The maximum Gasteiger partial charge on any atom is 0.416 e. The number of hydrogen-bond donors (Lipinski definition) is 3. The molecule has 0 heterocycles. The van der Waals surface area contributed by atoms with Crippen LogP contribution in [0.15, 0.2) is 84.9 Å². The molecule has 4 aromatic rings. The average molecular weight is 558 g/mol. The van der Waals surface area contributed by atoms with Crippen LogP contribution < -0.4 is 5.32 Å². The molecule has 0 radical (unpaired) electrons. The van der Waals surface area contributed by atoms with Crippen molar-refractivity contribution in [3.05, 3.63) is 112 Å². The van der Waals surface area contributed by atoms with E-state index in [9.17, 15) is 37.4 Å². The van der Waals surface area contributed by atoms with Crippen molar-refractivity contribution in [1.29, 1.82) is 0 Å². The third-order valence-corrected chi connectivity index (χ3v) is 6.30. The van der Waals surface area contributed by atoms with Crippen LogP contribution in [-0.2, 0) is 17.4 Å². The number of hydrogen-bond acceptors (Lipinski definition) is 3. The number of nitrogens with one attached hydrogen (secondary N) is 1. The summed E-state index contributed by atoms with van der Waals surface area (Å²) in [6.45, 7) is 0. The Kier molecular flexibility index (Phi) is 7.92. The lowest BCUT2D eigenvalue weighted by Crippen LogP contribution is -2.42. The zero-order chi connectivity index (χ0) is 28.3. The van der Waals surface area contributed by atoms with Crippen LogP contribution in [0.3, 0.4) is 0 Å². The van der Waals surface area contributed by atoms with Crippen LogP contribution >= 0.6 is 11.6 Å². The van der Waals surface area contributed by atoms with Crippen molar-refractivity contribution in [2.75, 3.05) is 0 Å². The molecule has 0 aromatic heterocycles. The zero-order valence-corrected chi connectivity index (χ0v) is 20.7. The summed E-state index contributed by atoms with van der Waals surface area (Å²) in [6, 6.07) is 17.7. The predicted octanol–water partition coefficient (Wildman–Crippen LogP) is 6.96. The van der Waals surface area contributed by atoms with E-state index in [1.165, 1.54) is 42.5 Å². The highest BCUT2D eigenvalue weighted by molar-refractivity contribution is 6.31. The van der Waals surface area contributed by atoms with Gasteiger partial charge in [0.2, 0.25) is 0 Å². The normalized spacial score (nSPS) is 12.1. The third kappa shape index (κ3) is 6.56. The van der Waals surface area contributed by atoms with Gasteiger partial charge in [0.15, 0.2) is 0 Å². The van der Waals surface area contributed by atoms with Crippen molar-refractivity contribution in [2.24, 2.45) is 0 Å².